The van der Waals surface area contributed by atoms with E-state index in [1.807, 2.05) is 0 Å². The van der Waals surface area contributed by atoms with Crippen molar-refractivity contribution >= 4 is 32.6 Å². The number of nitrogens with zero attached hydrogens (tertiary/aromatic N) is 1. The third-order valence-corrected chi connectivity index (χ3v) is 5.89. The van der Waals surface area contributed by atoms with Crippen LogP contribution in [0.15, 0.2) is 72.8 Å². The van der Waals surface area contributed by atoms with Crippen LogP contribution < -0.4 is 0 Å². The van der Waals surface area contributed by atoms with Gasteiger partial charge in [0.05, 0.1) is 27.7 Å². The molecule has 0 radical (unpaired) electrons. The van der Waals surface area contributed by atoms with Crippen molar-refractivity contribution in [3.05, 3.63) is 89.5 Å². The van der Waals surface area contributed by atoms with Gasteiger partial charge in [-0.3, -0.25) is 0 Å². The summed E-state index contributed by atoms with van der Waals surface area (Å²) in [4.78, 5) is 4.31. The molecule has 5 rings (SSSR count). The molecule has 0 aliphatic heterocycles. The van der Waals surface area contributed by atoms with E-state index in [2.05, 4.69) is 4.98 Å². The highest BCUT2D eigenvalue weighted by Crippen LogP contribution is 2.41. The van der Waals surface area contributed by atoms with Gasteiger partial charge in [0.2, 0.25) is 0 Å². The van der Waals surface area contributed by atoms with E-state index in [9.17, 15) is 39.5 Å². The molecule has 10 heteroatoms. The van der Waals surface area contributed by atoms with Crippen LogP contribution in [0.1, 0.15) is 16.7 Å². The Morgan fingerprint density at radius 2 is 0.972 bits per heavy atom. The number of hydrogen-bond acceptors (Lipinski definition) is 1. The van der Waals surface area contributed by atoms with Crippen molar-refractivity contribution in [3.63, 3.8) is 0 Å². The van der Waals surface area contributed by atoms with Crippen LogP contribution in [0.5, 0.6) is 0 Å². The van der Waals surface area contributed by atoms with Gasteiger partial charge in [-0.2, -0.15) is 39.5 Å². The minimum atomic E-state index is -4.66. The zero-order valence-corrected chi connectivity index (χ0v) is 17.8. The lowest BCUT2D eigenvalue weighted by atomic mass is 9.93. The summed E-state index contributed by atoms with van der Waals surface area (Å²) in [6.07, 6.45) is -13.9. The molecule has 0 saturated carbocycles. The first-order chi connectivity index (χ1) is 16.7. The second-order valence-electron chi connectivity index (χ2n) is 8.22. The van der Waals surface area contributed by atoms with E-state index < -0.39 is 35.2 Å². The summed E-state index contributed by atoms with van der Waals surface area (Å²) >= 11 is 0. The van der Waals surface area contributed by atoms with Gasteiger partial charge in [-0.15, -0.1) is 0 Å². The topological polar surface area (TPSA) is 12.9 Å². The average Bonchev–Trinajstić information content (AvgIpc) is 2.79. The molecule has 0 aliphatic rings. The maximum Gasteiger partial charge on any atom is 0.416 e. The number of alkyl halides is 9. The van der Waals surface area contributed by atoms with Crippen LogP contribution in [-0.4, -0.2) is 4.98 Å². The quantitative estimate of drug-likeness (QED) is 0.162. The Bertz CT molecular complexity index is 1630. The predicted octanol–water partition coefficient (Wildman–Crippen LogP) is 9.26. The number of halogens is 9. The highest BCUT2D eigenvalue weighted by molar-refractivity contribution is 6.13. The van der Waals surface area contributed by atoms with Crippen molar-refractivity contribution < 1.29 is 39.5 Å². The Hall–Kier alpha value is -3.82. The molecule has 0 bridgehead atoms. The van der Waals surface area contributed by atoms with Crippen LogP contribution in [0.2, 0.25) is 0 Å². The smallest absolute Gasteiger partial charge is 0.248 e. The molecule has 36 heavy (non-hydrogen) atoms. The fraction of sp³-hybridized carbons (Fsp3) is 0.115. The minimum absolute atomic E-state index is 0.0570. The van der Waals surface area contributed by atoms with Crippen LogP contribution in [0, 0.1) is 0 Å². The molecule has 184 valence electrons. The lowest BCUT2D eigenvalue weighted by molar-refractivity contribution is -0.138. The number of benzene rings is 4. The van der Waals surface area contributed by atoms with Crippen molar-refractivity contribution in [2.24, 2.45) is 0 Å². The van der Waals surface area contributed by atoms with E-state index in [1.165, 1.54) is 30.3 Å². The minimum Gasteiger partial charge on any atom is -0.248 e. The van der Waals surface area contributed by atoms with Gasteiger partial charge in [0.1, 0.15) is 0 Å². The predicted molar refractivity (Wildman–Crippen MR) is 117 cm³/mol. The molecule has 0 spiro atoms. The second kappa shape index (κ2) is 7.84. The molecule has 0 aliphatic carbocycles. The van der Waals surface area contributed by atoms with Crippen molar-refractivity contribution in [1.29, 1.82) is 0 Å². The molecule has 0 atom stereocenters. The summed E-state index contributed by atoms with van der Waals surface area (Å²) < 4.78 is 119. The number of rotatable bonds is 1. The Morgan fingerprint density at radius 1 is 0.444 bits per heavy atom. The summed E-state index contributed by atoms with van der Waals surface area (Å²) in [6, 6.07) is 12.7. The van der Waals surface area contributed by atoms with Gasteiger partial charge in [-0.1, -0.05) is 24.3 Å². The Balaban J connectivity index is 1.86. The van der Waals surface area contributed by atoms with Crippen molar-refractivity contribution in [2.75, 3.05) is 0 Å². The molecular formula is C26H12F9N. The summed E-state index contributed by atoms with van der Waals surface area (Å²) in [5.41, 5.74) is -2.15. The highest BCUT2D eigenvalue weighted by atomic mass is 19.4. The Kier molecular flexibility index (Phi) is 5.21. The lowest BCUT2D eigenvalue weighted by Gasteiger charge is -2.15. The normalized spacial score (nSPS) is 13.1. The van der Waals surface area contributed by atoms with Gasteiger partial charge < -0.3 is 0 Å². The van der Waals surface area contributed by atoms with Gasteiger partial charge in [0, 0.05) is 16.3 Å². The molecule has 1 nitrogen and oxygen atoms in total. The first-order valence-electron chi connectivity index (χ1n) is 10.4. The maximum absolute atomic E-state index is 13.3. The summed E-state index contributed by atoms with van der Waals surface area (Å²) in [5.74, 6) is 0. The number of hydrogen-bond donors (Lipinski definition) is 0. The van der Waals surface area contributed by atoms with Crippen LogP contribution in [0.4, 0.5) is 39.5 Å². The van der Waals surface area contributed by atoms with E-state index in [0.29, 0.717) is 5.39 Å². The summed E-state index contributed by atoms with van der Waals surface area (Å²) in [7, 11) is 0. The van der Waals surface area contributed by atoms with Crippen LogP contribution in [0.25, 0.3) is 43.7 Å². The van der Waals surface area contributed by atoms with Crippen LogP contribution in [-0.2, 0) is 18.5 Å². The molecule has 1 aromatic heterocycles. The maximum atomic E-state index is 13.3. The van der Waals surface area contributed by atoms with Crippen LogP contribution in [0.3, 0.4) is 0 Å². The van der Waals surface area contributed by atoms with Crippen molar-refractivity contribution in [2.45, 2.75) is 18.5 Å². The highest BCUT2D eigenvalue weighted by Gasteiger charge is 2.32. The Morgan fingerprint density at radius 3 is 1.58 bits per heavy atom. The largest absolute Gasteiger partial charge is 0.416 e. The fourth-order valence-corrected chi connectivity index (χ4v) is 4.18. The Labute approximate surface area is 196 Å². The lowest BCUT2D eigenvalue weighted by Crippen LogP contribution is -2.05. The van der Waals surface area contributed by atoms with Gasteiger partial charge >= 0.3 is 18.5 Å². The first-order valence-corrected chi connectivity index (χ1v) is 10.4. The SMILES string of the molecule is FC(F)(F)c1ccc(-c2c3ccc(C(F)(F)F)cc3nc3cc4ccc(C(F)(F)F)cc4cc23)cc1. The van der Waals surface area contributed by atoms with Gasteiger partial charge in [0.25, 0.3) is 0 Å². The monoisotopic (exact) mass is 509 g/mol. The molecule has 5 aromatic rings. The number of aromatic nitrogens is 1. The van der Waals surface area contributed by atoms with E-state index in [-0.39, 0.29) is 38.3 Å². The molecule has 0 unspecified atom stereocenters. The van der Waals surface area contributed by atoms with E-state index in [4.69, 9.17) is 0 Å². The third-order valence-electron chi connectivity index (χ3n) is 5.89. The van der Waals surface area contributed by atoms with Gasteiger partial charge in [0.15, 0.2) is 0 Å². The molecule has 1 heterocycles. The standard InChI is InChI=1S/C26H12F9N/c27-24(28,29)16-4-1-13(2-5-16)23-19-8-7-18(26(33,34)35)12-22(19)36-21-11-14-3-6-17(25(30,31)32)9-15(14)10-20(21)23/h1-12H. The van der Waals surface area contributed by atoms with Gasteiger partial charge in [-0.05, 0) is 64.9 Å². The molecule has 0 saturated heterocycles. The molecular weight excluding hydrogens is 497 g/mol. The molecule has 0 N–H and O–H groups in total. The van der Waals surface area contributed by atoms with E-state index in [0.717, 1.165) is 42.5 Å². The second-order valence-corrected chi connectivity index (χ2v) is 8.22. The van der Waals surface area contributed by atoms with E-state index in [1.54, 1.807) is 0 Å². The molecule has 0 amide bonds. The van der Waals surface area contributed by atoms with Crippen LogP contribution >= 0.6 is 0 Å². The first kappa shape index (κ1) is 23.9. The molecule has 4 aromatic carbocycles. The van der Waals surface area contributed by atoms with Crippen molar-refractivity contribution in [3.8, 4) is 11.1 Å². The molecule has 0 fully saturated rings. The summed E-state index contributed by atoms with van der Waals surface area (Å²) in [5, 5.41) is 1.06. The number of fused-ring (bicyclic) bond motifs is 3. The van der Waals surface area contributed by atoms with Gasteiger partial charge in [-0.25, -0.2) is 4.98 Å². The summed E-state index contributed by atoms with van der Waals surface area (Å²) in [6.45, 7) is 0. The average molecular weight is 509 g/mol. The third kappa shape index (κ3) is 4.20. The zero-order chi connectivity index (χ0) is 26.0. The zero-order valence-electron chi connectivity index (χ0n) is 17.8. The fourth-order valence-electron chi connectivity index (χ4n) is 4.18. The number of pyridine rings is 1. The van der Waals surface area contributed by atoms with Crippen molar-refractivity contribution in [1.82, 2.24) is 4.98 Å². The van der Waals surface area contributed by atoms with E-state index >= 15 is 0 Å².